The van der Waals surface area contributed by atoms with Gasteiger partial charge in [-0.1, -0.05) is 11.6 Å². The predicted molar refractivity (Wildman–Crippen MR) is 138 cm³/mol. The van der Waals surface area contributed by atoms with Gasteiger partial charge >= 0.3 is 5.69 Å². The van der Waals surface area contributed by atoms with Gasteiger partial charge in [0, 0.05) is 42.6 Å². The van der Waals surface area contributed by atoms with E-state index in [4.69, 9.17) is 21.6 Å². The van der Waals surface area contributed by atoms with Crippen molar-refractivity contribution in [3.05, 3.63) is 73.8 Å². The van der Waals surface area contributed by atoms with Crippen molar-refractivity contribution in [1.29, 1.82) is 5.26 Å². The summed E-state index contributed by atoms with van der Waals surface area (Å²) in [4.78, 5) is 35.4. The summed E-state index contributed by atoms with van der Waals surface area (Å²) in [5.41, 5.74) is 0.270. The monoisotopic (exact) mass is 526 g/mol. The molecule has 0 bridgehead atoms. The van der Waals surface area contributed by atoms with Crippen molar-refractivity contribution in [2.24, 2.45) is 12.0 Å². The van der Waals surface area contributed by atoms with Crippen molar-refractivity contribution in [2.45, 2.75) is 19.9 Å². The molecule has 4 aromatic rings. The number of rotatable bonds is 7. The standard InChI is InChI=1S/C24H20ClFN6O3S/c1-14-29-15(13-30(14)2)12-28-6-8-32-23(33)22-19(31(24(32)34)7-4-5-27)11-21(36-22)16-9-20(35-3)18(26)10-17(16)25/h6,8-13H,4,7H2,1-3H3/b8-6+,28-12?. The van der Waals surface area contributed by atoms with Gasteiger partial charge < -0.3 is 9.30 Å². The molecule has 0 radical (unpaired) electrons. The second-order valence-electron chi connectivity index (χ2n) is 7.71. The van der Waals surface area contributed by atoms with E-state index >= 15 is 0 Å². The van der Waals surface area contributed by atoms with Gasteiger partial charge in [-0.15, -0.1) is 11.3 Å². The largest absolute Gasteiger partial charge is 0.494 e. The van der Waals surface area contributed by atoms with Gasteiger partial charge in [-0.3, -0.25) is 14.4 Å². The number of fused-ring (bicyclic) bond motifs is 1. The highest BCUT2D eigenvalue weighted by Gasteiger charge is 2.19. The number of nitrogens with zero attached hydrogens (tertiary/aromatic N) is 6. The number of aliphatic imine (C=N–C) groups is 1. The lowest BCUT2D eigenvalue weighted by Crippen LogP contribution is -2.36. The molecule has 0 amide bonds. The minimum absolute atomic E-state index is 0.00460. The molecule has 3 aromatic heterocycles. The molecule has 184 valence electrons. The van der Waals surface area contributed by atoms with Crippen LogP contribution in [0.3, 0.4) is 0 Å². The number of ether oxygens (including phenoxy) is 1. The van der Waals surface area contributed by atoms with Crippen molar-refractivity contribution >= 4 is 45.6 Å². The van der Waals surface area contributed by atoms with E-state index < -0.39 is 17.1 Å². The SMILES string of the molecule is COc1cc(-c2cc3c(s2)c(=O)n(/C=C/N=Cc2cn(C)c(C)n2)c(=O)n3CCC#N)c(Cl)cc1F. The first-order valence-corrected chi connectivity index (χ1v) is 11.8. The number of hydrogen-bond acceptors (Lipinski definition) is 7. The van der Waals surface area contributed by atoms with Gasteiger partial charge in [0.25, 0.3) is 5.56 Å². The number of hydrogen-bond donors (Lipinski definition) is 0. The van der Waals surface area contributed by atoms with Gasteiger partial charge in [0.2, 0.25) is 0 Å². The fourth-order valence-corrected chi connectivity index (χ4v) is 4.99. The van der Waals surface area contributed by atoms with Gasteiger partial charge in [-0.25, -0.2) is 18.7 Å². The van der Waals surface area contributed by atoms with E-state index in [9.17, 15) is 14.0 Å². The molecular formula is C24H20ClFN6O3S. The molecule has 0 saturated carbocycles. The lowest BCUT2D eigenvalue weighted by Gasteiger charge is -2.07. The first kappa shape index (κ1) is 25.1. The Hall–Kier alpha value is -4.01. The average Bonchev–Trinajstić information content (AvgIpc) is 3.42. The van der Waals surface area contributed by atoms with Crippen LogP contribution in [0.4, 0.5) is 4.39 Å². The molecule has 0 aliphatic carbocycles. The number of methoxy groups -OCH3 is 1. The minimum atomic E-state index is -0.618. The second kappa shape index (κ2) is 10.3. The Morgan fingerprint density at radius 3 is 2.78 bits per heavy atom. The third-order valence-corrected chi connectivity index (χ3v) is 6.90. The summed E-state index contributed by atoms with van der Waals surface area (Å²) in [6.45, 7) is 1.93. The fraction of sp³-hybridized carbons (Fsp3) is 0.208. The summed E-state index contributed by atoms with van der Waals surface area (Å²) < 4.78 is 23.5. The molecule has 0 N–H and O–H groups in total. The van der Waals surface area contributed by atoms with Crippen molar-refractivity contribution < 1.29 is 9.13 Å². The number of benzene rings is 1. The molecule has 0 unspecified atom stereocenters. The third kappa shape index (κ3) is 4.73. The zero-order chi connectivity index (χ0) is 26.0. The second-order valence-corrected chi connectivity index (χ2v) is 9.17. The third-order valence-electron chi connectivity index (χ3n) is 5.44. The molecule has 1 aromatic carbocycles. The molecule has 0 spiro atoms. The zero-order valence-electron chi connectivity index (χ0n) is 19.5. The summed E-state index contributed by atoms with van der Waals surface area (Å²) in [5.74, 6) is 0.192. The smallest absolute Gasteiger partial charge is 0.335 e. The topological polar surface area (TPSA) is 107 Å². The Morgan fingerprint density at radius 2 is 2.11 bits per heavy atom. The molecule has 0 fully saturated rings. The number of halogens is 2. The maximum absolute atomic E-state index is 14.0. The Bertz CT molecular complexity index is 1670. The summed E-state index contributed by atoms with van der Waals surface area (Å²) >= 11 is 7.38. The van der Waals surface area contributed by atoms with Crippen molar-refractivity contribution in [2.75, 3.05) is 7.11 Å². The van der Waals surface area contributed by atoms with Crippen LogP contribution in [0.15, 0.2) is 45.2 Å². The Labute approximate surface area is 213 Å². The maximum atomic E-state index is 14.0. The summed E-state index contributed by atoms with van der Waals surface area (Å²) in [6, 6.07) is 6.21. The molecule has 9 nitrogen and oxygen atoms in total. The molecule has 0 aliphatic rings. The Balaban J connectivity index is 1.83. The molecular weight excluding hydrogens is 507 g/mol. The highest BCUT2D eigenvalue weighted by molar-refractivity contribution is 7.22. The maximum Gasteiger partial charge on any atom is 0.335 e. The molecule has 4 rings (SSSR count). The lowest BCUT2D eigenvalue weighted by atomic mass is 10.1. The number of aromatic nitrogens is 4. The van der Waals surface area contributed by atoms with Gasteiger partial charge in [0.05, 0.1) is 42.0 Å². The van der Waals surface area contributed by atoms with E-state index in [2.05, 4.69) is 9.98 Å². The van der Waals surface area contributed by atoms with Gasteiger partial charge in [-0.2, -0.15) is 5.26 Å². The van der Waals surface area contributed by atoms with Crippen LogP contribution in [-0.2, 0) is 13.6 Å². The van der Waals surface area contributed by atoms with Crippen LogP contribution in [0.5, 0.6) is 5.75 Å². The van der Waals surface area contributed by atoms with E-state index in [1.54, 1.807) is 12.3 Å². The number of thiophene rings is 1. The molecule has 0 saturated heterocycles. The molecule has 0 atom stereocenters. The number of nitriles is 1. The van der Waals surface area contributed by atoms with Gasteiger partial charge in [0.15, 0.2) is 11.6 Å². The average molecular weight is 527 g/mol. The van der Waals surface area contributed by atoms with E-state index in [0.717, 1.165) is 27.8 Å². The zero-order valence-corrected chi connectivity index (χ0v) is 21.1. The lowest BCUT2D eigenvalue weighted by molar-refractivity contribution is 0.387. The molecule has 3 heterocycles. The van der Waals surface area contributed by atoms with Crippen LogP contribution in [0, 0.1) is 24.1 Å². The van der Waals surface area contributed by atoms with Crippen molar-refractivity contribution in [3.8, 4) is 22.3 Å². The van der Waals surface area contributed by atoms with Crippen LogP contribution in [-0.4, -0.2) is 32.0 Å². The van der Waals surface area contributed by atoms with E-state index in [1.165, 1.54) is 36.4 Å². The van der Waals surface area contributed by atoms with Crippen molar-refractivity contribution in [1.82, 2.24) is 18.7 Å². The first-order valence-electron chi connectivity index (χ1n) is 10.6. The van der Waals surface area contributed by atoms with Gasteiger partial charge in [0.1, 0.15) is 10.5 Å². The molecule has 36 heavy (non-hydrogen) atoms. The highest BCUT2D eigenvalue weighted by atomic mass is 35.5. The Kier molecular flexibility index (Phi) is 7.19. The van der Waals surface area contributed by atoms with Crippen LogP contribution in [0.2, 0.25) is 5.02 Å². The summed E-state index contributed by atoms with van der Waals surface area (Å²) in [7, 11) is 3.20. The minimum Gasteiger partial charge on any atom is -0.494 e. The van der Waals surface area contributed by atoms with Crippen LogP contribution in [0.1, 0.15) is 17.9 Å². The quantitative estimate of drug-likeness (QED) is 0.335. The Morgan fingerprint density at radius 1 is 1.33 bits per heavy atom. The first-order chi connectivity index (χ1) is 17.2. The van der Waals surface area contributed by atoms with Crippen molar-refractivity contribution in [3.63, 3.8) is 0 Å². The summed E-state index contributed by atoms with van der Waals surface area (Å²) in [6.07, 6.45) is 5.96. The number of aryl methyl sites for hydroxylation is 3. The van der Waals surface area contributed by atoms with Crippen LogP contribution >= 0.6 is 22.9 Å². The van der Waals surface area contributed by atoms with E-state index in [1.807, 2.05) is 24.6 Å². The number of imidazole rings is 1. The van der Waals surface area contributed by atoms with Gasteiger partial charge in [-0.05, 0) is 25.1 Å². The normalized spacial score (nSPS) is 11.7. The van der Waals surface area contributed by atoms with Crippen LogP contribution < -0.4 is 16.0 Å². The van der Waals surface area contributed by atoms with E-state index in [0.29, 0.717) is 21.7 Å². The van der Waals surface area contributed by atoms with E-state index in [-0.39, 0.29) is 28.4 Å². The fourth-order valence-electron chi connectivity index (χ4n) is 3.55. The molecule has 0 aliphatic heterocycles. The summed E-state index contributed by atoms with van der Waals surface area (Å²) in [5, 5.41) is 9.21. The predicted octanol–water partition coefficient (Wildman–Crippen LogP) is 4.20. The molecule has 12 heteroatoms. The van der Waals surface area contributed by atoms with Crippen LogP contribution in [0.25, 0.3) is 26.9 Å². The highest BCUT2D eigenvalue weighted by Crippen LogP contribution is 2.38.